The molecule has 2 rings (SSSR count). The van der Waals surface area contributed by atoms with Crippen molar-refractivity contribution in [1.29, 1.82) is 0 Å². The van der Waals surface area contributed by atoms with Gasteiger partial charge in [-0.1, -0.05) is 35.7 Å². The zero-order valence-corrected chi connectivity index (χ0v) is 12.1. The van der Waals surface area contributed by atoms with Crippen molar-refractivity contribution in [3.63, 3.8) is 0 Å². The molecule has 0 aliphatic carbocycles. The molecule has 0 aromatic carbocycles. The van der Waals surface area contributed by atoms with E-state index in [1.54, 1.807) is 6.07 Å². The molecule has 0 radical (unpaired) electrons. The number of likely N-dealkylation sites (tertiary alicyclic amines) is 1. The second kappa shape index (κ2) is 6.71. The van der Waals surface area contributed by atoms with Crippen LogP contribution >= 0.6 is 23.2 Å². The molecule has 1 fully saturated rings. The molecule has 0 spiro atoms. The SMILES string of the molecule is CNCC1CCCCN1Cc1ccc(Cl)nc1Cl. The maximum atomic E-state index is 6.14. The Kier molecular flexibility index (Phi) is 5.25. The van der Waals surface area contributed by atoms with Crippen LogP contribution in [0.4, 0.5) is 0 Å². The summed E-state index contributed by atoms with van der Waals surface area (Å²) in [7, 11) is 2.00. The quantitative estimate of drug-likeness (QED) is 0.863. The summed E-state index contributed by atoms with van der Waals surface area (Å²) in [5, 5.41) is 4.24. The number of rotatable bonds is 4. The third-order valence-electron chi connectivity index (χ3n) is 3.45. The number of likely N-dealkylation sites (N-methyl/N-ethyl adjacent to an activating group) is 1. The Morgan fingerprint density at radius 1 is 1.39 bits per heavy atom. The van der Waals surface area contributed by atoms with Crippen molar-refractivity contribution in [2.75, 3.05) is 20.1 Å². The molecule has 18 heavy (non-hydrogen) atoms. The van der Waals surface area contributed by atoms with E-state index in [2.05, 4.69) is 15.2 Å². The molecule has 5 heteroatoms. The summed E-state index contributed by atoms with van der Waals surface area (Å²) in [6.07, 6.45) is 3.83. The van der Waals surface area contributed by atoms with E-state index < -0.39 is 0 Å². The molecule has 1 aromatic heterocycles. The van der Waals surface area contributed by atoms with E-state index in [4.69, 9.17) is 23.2 Å². The Morgan fingerprint density at radius 2 is 2.22 bits per heavy atom. The lowest BCUT2D eigenvalue weighted by Gasteiger charge is -2.35. The van der Waals surface area contributed by atoms with Gasteiger partial charge in [-0.25, -0.2) is 4.98 Å². The van der Waals surface area contributed by atoms with Gasteiger partial charge in [0.25, 0.3) is 0 Å². The van der Waals surface area contributed by atoms with E-state index in [1.807, 2.05) is 13.1 Å². The van der Waals surface area contributed by atoms with Crippen molar-refractivity contribution < 1.29 is 0 Å². The number of nitrogens with zero attached hydrogens (tertiary/aromatic N) is 2. The molecule has 1 atom stereocenters. The molecule has 1 aromatic rings. The molecule has 1 unspecified atom stereocenters. The number of nitrogens with one attached hydrogen (secondary N) is 1. The molecule has 0 bridgehead atoms. The zero-order chi connectivity index (χ0) is 13.0. The molecule has 100 valence electrons. The van der Waals surface area contributed by atoms with Crippen LogP contribution in [0.15, 0.2) is 12.1 Å². The van der Waals surface area contributed by atoms with Crippen LogP contribution in [0.1, 0.15) is 24.8 Å². The summed E-state index contributed by atoms with van der Waals surface area (Å²) in [6, 6.07) is 4.37. The first-order chi connectivity index (χ1) is 8.70. The van der Waals surface area contributed by atoms with Gasteiger partial charge >= 0.3 is 0 Å². The third-order valence-corrected chi connectivity index (χ3v) is 3.99. The zero-order valence-electron chi connectivity index (χ0n) is 10.6. The minimum absolute atomic E-state index is 0.453. The molecule has 0 amide bonds. The topological polar surface area (TPSA) is 28.2 Å². The molecule has 1 saturated heterocycles. The van der Waals surface area contributed by atoms with E-state index in [9.17, 15) is 0 Å². The fourth-order valence-corrected chi connectivity index (χ4v) is 2.92. The van der Waals surface area contributed by atoms with Crippen LogP contribution in [-0.4, -0.2) is 36.1 Å². The summed E-state index contributed by atoms with van der Waals surface area (Å²) < 4.78 is 0. The fourth-order valence-electron chi connectivity index (χ4n) is 2.51. The van der Waals surface area contributed by atoms with Crippen LogP contribution in [0.2, 0.25) is 10.3 Å². The lowest BCUT2D eigenvalue weighted by atomic mass is 10.0. The highest BCUT2D eigenvalue weighted by Crippen LogP contribution is 2.23. The largest absolute Gasteiger partial charge is 0.318 e. The van der Waals surface area contributed by atoms with E-state index in [0.717, 1.165) is 25.2 Å². The summed E-state index contributed by atoms with van der Waals surface area (Å²) in [4.78, 5) is 6.58. The molecule has 1 aliphatic heterocycles. The van der Waals surface area contributed by atoms with Crippen molar-refractivity contribution >= 4 is 23.2 Å². The Morgan fingerprint density at radius 3 is 2.94 bits per heavy atom. The summed E-state index contributed by atoms with van der Waals surface area (Å²) in [5.41, 5.74) is 1.06. The van der Waals surface area contributed by atoms with Crippen LogP contribution < -0.4 is 5.32 Å². The highest BCUT2D eigenvalue weighted by atomic mass is 35.5. The number of piperidine rings is 1. The van der Waals surface area contributed by atoms with Crippen LogP contribution in [0.25, 0.3) is 0 Å². The Bertz CT molecular complexity index is 396. The summed E-state index contributed by atoms with van der Waals surface area (Å²) >= 11 is 12.0. The first kappa shape index (κ1) is 14.1. The molecule has 1 aliphatic rings. The van der Waals surface area contributed by atoms with Crippen molar-refractivity contribution in [2.24, 2.45) is 0 Å². The second-order valence-electron chi connectivity index (χ2n) is 4.76. The van der Waals surface area contributed by atoms with E-state index >= 15 is 0 Å². The monoisotopic (exact) mass is 287 g/mol. The number of aromatic nitrogens is 1. The number of hydrogen-bond donors (Lipinski definition) is 1. The normalized spacial score (nSPS) is 21.2. The first-order valence-electron chi connectivity index (χ1n) is 6.40. The van der Waals surface area contributed by atoms with Gasteiger partial charge in [0.15, 0.2) is 0 Å². The molecule has 1 N–H and O–H groups in total. The average Bonchev–Trinajstić information content (AvgIpc) is 2.35. The van der Waals surface area contributed by atoms with Crippen molar-refractivity contribution in [2.45, 2.75) is 31.8 Å². The Hall–Kier alpha value is -0.350. The highest BCUT2D eigenvalue weighted by Gasteiger charge is 2.22. The van der Waals surface area contributed by atoms with Gasteiger partial charge in [-0.2, -0.15) is 0 Å². The summed E-state index contributed by atoms with van der Waals surface area (Å²) in [5.74, 6) is 0. The van der Waals surface area contributed by atoms with E-state index in [-0.39, 0.29) is 0 Å². The fraction of sp³-hybridized carbons (Fsp3) is 0.615. The minimum Gasteiger partial charge on any atom is -0.318 e. The maximum Gasteiger partial charge on any atom is 0.135 e. The van der Waals surface area contributed by atoms with Crippen LogP contribution in [0.3, 0.4) is 0 Å². The lowest BCUT2D eigenvalue weighted by molar-refractivity contribution is 0.139. The van der Waals surface area contributed by atoms with Gasteiger partial charge < -0.3 is 5.32 Å². The van der Waals surface area contributed by atoms with E-state index in [0.29, 0.717) is 16.3 Å². The van der Waals surface area contributed by atoms with Crippen LogP contribution in [0, 0.1) is 0 Å². The van der Waals surface area contributed by atoms with Crippen LogP contribution in [0.5, 0.6) is 0 Å². The predicted octanol–water partition coefficient (Wildman–Crippen LogP) is 2.96. The van der Waals surface area contributed by atoms with Gasteiger partial charge in [0, 0.05) is 24.7 Å². The second-order valence-corrected chi connectivity index (χ2v) is 5.51. The predicted molar refractivity (Wildman–Crippen MR) is 76.2 cm³/mol. The first-order valence-corrected chi connectivity index (χ1v) is 7.16. The van der Waals surface area contributed by atoms with Crippen LogP contribution in [-0.2, 0) is 6.54 Å². The summed E-state index contributed by atoms with van der Waals surface area (Å²) in [6.45, 7) is 3.01. The average molecular weight is 288 g/mol. The van der Waals surface area contributed by atoms with Gasteiger partial charge in [-0.3, -0.25) is 4.90 Å². The smallest absolute Gasteiger partial charge is 0.135 e. The number of halogens is 2. The molecule has 3 nitrogen and oxygen atoms in total. The van der Waals surface area contributed by atoms with Gasteiger partial charge in [0.05, 0.1) is 0 Å². The molecular weight excluding hydrogens is 269 g/mol. The lowest BCUT2D eigenvalue weighted by Crippen LogP contribution is -2.44. The Balaban J connectivity index is 2.06. The maximum absolute atomic E-state index is 6.14. The standard InChI is InChI=1S/C13H19Cl2N3/c1-16-8-11-4-2-3-7-18(11)9-10-5-6-12(14)17-13(10)15/h5-6,11,16H,2-4,7-9H2,1H3. The number of pyridine rings is 1. The van der Waals surface area contributed by atoms with Gasteiger partial charge in [0.1, 0.15) is 10.3 Å². The third kappa shape index (κ3) is 3.58. The molecule has 2 heterocycles. The van der Waals surface area contributed by atoms with Gasteiger partial charge in [-0.05, 0) is 32.5 Å². The Labute approximate surface area is 118 Å². The molecular formula is C13H19Cl2N3. The van der Waals surface area contributed by atoms with Crippen molar-refractivity contribution in [3.05, 3.63) is 28.0 Å². The van der Waals surface area contributed by atoms with Crippen molar-refractivity contribution in [3.8, 4) is 0 Å². The van der Waals surface area contributed by atoms with Crippen molar-refractivity contribution in [1.82, 2.24) is 15.2 Å². The minimum atomic E-state index is 0.453. The number of hydrogen-bond acceptors (Lipinski definition) is 3. The van der Waals surface area contributed by atoms with E-state index in [1.165, 1.54) is 19.3 Å². The molecule has 0 saturated carbocycles. The van der Waals surface area contributed by atoms with Gasteiger partial charge in [0.2, 0.25) is 0 Å². The highest BCUT2D eigenvalue weighted by molar-refractivity contribution is 6.32. The van der Waals surface area contributed by atoms with Gasteiger partial charge in [-0.15, -0.1) is 0 Å².